The molecule has 0 amide bonds. The topological polar surface area (TPSA) is 48.4 Å². The van der Waals surface area contributed by atoms with Gasteiger partial charge in [-0.3, -0.25) is 4.79 Å². The molecule has 142 valence electrons. The van der Waals surface area contributed by atoms with Crippen LogP contribution in [0.5, 0.6) is 5.88 Å². The minimum atomic E-state index is -0.333. The summed E-state index contributed by atoms with van der Waals surface area (Å²) in [6.07, 6.45) is 4.57. The molecule has 26 heavy (non-hydrogen) atoms. The summed E-state index contributed by atoms with van der Waals surface area (Å²) in [5.74, 6) is -0.434. The maximum atomic E-state index is 14.8. The first kappa shape index (κ1) is 20.1. The van der Waals surface area contributed by atoms with Gasteiger partial charge in [-0.15, -0.1) is 0 Å². The van der Waals surface area contributed by atoms with Crippen molar-refractivity contribution in [3.8, 4) is 5.88 Å². The van der Waals surface area contributed by atoms with Crippen molar-refractivity contribution in [2.45, 2.75) is 58.3 Å². The van der Waals surface area contributed by atoms with Crippen LogP contribution in [0.1, 0.15) is 63.9 Å². The molecule has 1 atom stereocenters. The number of pyridine rings is 1. The fraction of sp³-hybridized carbons (Fsp3) is 0.524. The molecule has 0 radical (unpaired) electrons. The molecule has 0 aliphatic carbocycles. The summed E-state index contributed by atoms with van der Waals surface area (Å²) >= 11 is 0. The number of aromatic nitrogens is 1. The summed E-state index contributed by atoms with van der Waals surface area (Å²) in [6.45, 7) is 4.54. The Bertz CT molecular complexity index is 733. The fourth-order valence-electron chi connectivity index (χ4n) is 3.06. The van der Waals surface area contributed by atoms with Crippen LogP contribution < -0.4 is 4.74 Å². The molecule has 0 spiro atoms. The van der Waals surface area contributed by atoms with Gasteiger partial charge in [0.25, 0.3) is 0 Å². The first-order valence-corrected chi connectivity index (χ1v) is 9.39. The van der Waals surface area contributed by atoms with Crippen LogP contribution in [0.3, 0.4) is 0 Å². The minimum Gasteiger partial charge on any atom is -0.481 e. The van der Waals surface area contributed by atoms with E-state index in [1.807, 2.05) is 13.0 Å². The van der Waals surface area contributed by atoms with Gasteiger partial charge in [0.15, 0.2) is 0 Å². The van der Waals surface area contributed by atoms with E-state index in [0.29, 0.717) is 30.0 Å². The zero-order chi connectivity index (χ0) is 18.9. The fourth-order valence-corrected chi connectivity index (χ4v) is 3.06. The Morgan fingerprint density at radius 2 is 1.88 bits per heavy atom. The highest BCUT2D eigenvalue weighted by Crippen LogP contribution is 2.34. The van der Waals surface area contributed by atoms with Gasteiger partial charge in [0.2, 0.25) is 5.88 Å². The van der Waals surface area contributed by atoms with E-state index in [0.717, 1.165) is 31.1 Å². The van der Waals surface area contributed by atoms with Crippen molar-refractivity contribution in [3.05, 3.63) is 35.6 Å². The summed E-state index contributed by atoms with van der Waals surface area (Å²) in [4.78, 5) is 16.7. The second-order valence-electron chi connectivity index (χ2n) is 6.50. The summed E-state index contributed by atoms with van der Waals surface area (Å²) in [5.41, 5.74) is 1.05. The van der Waals surface area contributed by atoms with Crippen molar-refractivity contribution >= 4 is 16.9 Å². The lowest BCUT2D eigenvalue weighted by Gasteiger charge is -2.19. The van der Waals surface area contributed by atoms with Crippen LogP contribution in [-0.4, -0.2) is 24.7 Å². The van der Waals surface area contributed by atoms with Gasteiger partial charge in [0.1, 0.15) is 5.82 Å². The third-order valence-electron chi connectivity index (χ3n) is 4.52. The van der Waals surface area contributed by atoms with Crippen molar-refractivity contribution in [2.24, 2.45) is 0 Å². The van der Waals surface area contributed by atoms with Crippen molar-refractivity contribution < 1.29 is 18.7 Å². The number of hydrogen-bond donors (Lipinski definition) is 0. The number of esters is 1. The normalized spacial score (nSPS) is 12.2. The Hall–Kier alpha value is -2.17. The van der Waals surface area contributed by atoms with E-state index in [2.05, 4.69) is 11.9 Å². The van der Waals surface area contributed by atoms with Crippen molar-refractivity contribution in [1.82, 2.24) is 4.98 Å². The van der Waals surface area contributed by atoms with Crippen LogP contribution in [0.15, 0.2) is 24.3 Å². The first-order valence-electron chi connectivity index (χ1n) is 9.39. The largest absolute Gasteiger partial charge is 0.481 e. The average molecular weight is 361 g/mol. The molecule has 0 saturated carbocycles. The highest BCUT2D eigenvalue weighted by Gasteiger charge is 2.23. The molecule has 2 rings (SSSR count). The predicted molar refractivity (Wildman–Crippen MR) is 101 cm³/mol. The summed E-state index contributed by atoms with van der Waals surface area (Å²) in [6, 6.07) is 6.77. The molecule has 0 saturated heterocycles. The lowest BCUT2D eigenvalue weighted by atomic mass is 9.88. The number of methoxy groups -OCH3 is 1. The molecule has 5 heteroatoms. The molecule has 0 bridgehead atoms. The van der Waals surface area contributed by atoms with Crippen molar-refractivity contribution in [1.29, 1.82) is 0 Å². The summed E-state index contributed by atoms with van der Waals surface area (Å²) in [7, 11) is 1.53. The molecule has 1 heterocycles. The zero-order valence-corrected chi connectivity index (χ0v) is 15.9. The van der Waals surface area contributed by atoms with Gasteiger partial charge in [0.05, 0.1) is 25.7 Å². The lowest BCUT2D eigenvalue weighted by Crippen LogP contribution is -2.13. The quantitative estimate of drug-likeness (QED) is 0.420. The van der Waals surface area contributed by atoms with E-state index < -0.39 is 0 Å². The molecule has 0 aliphatic rings. The number of ether oxygens (including phenoxy) is 2. The Labute approximate surface area is 154 Å². The average Bonchev–Trinajstić information content (AvgIpc) is 2.65. The van der Waals surface area contributed by atoms with Gasteiger partial charge in [-0.05, 0) is 37.0 Å². The van der Waals surface area contributed by atoms with Crippen LogP contribution in [-0.2, 0) is 9.53 Å². The molecule has 1 unspecified atom stereocenters. The number of benzene rings is 1. The molecule has 1 aromatic carbocycles. The Morgan fingerprint density at radius 3 is 2.58 bits per heavy atom. The van der Waals surface area contributed by atoms with E-state index >= 15 is 0 Å². The Kier molecular flexibility index (Phi) is 7.82. The van der Waals surface area contributed by atoms with Gasteiger partial charge < -0.3 is 9.47 Å². The van der Waals surface area contributed by atoms with E-state index in [4.69, 9.17) is 9.47 Å². The minimum absolute atomic E-state index is 0.165. The van der Waals surface area contributed by atoms with Gasteiger partial charge >= 0.3 is 5.97 Å². The van der Waals surface area contributed by atoms with Gasteiger partial charge in [-0.1, -0.05) is 33.1 Å². The molecule has 0 aliphatic heterocycles. The van der Waals surface area contributed by atoms with E-state index in [1.54, 1.807) is 12.1 Å². The molecule has 2 aromatic rings. The number of carbonyl (C=O) groups is 1. The van der Waals surface area contributed by atoms with E-state index in [9.17, 15) is 9.18 Å². The monoisotopic (exact) mass is 361 g/mol. The maximum Gasteiger partial charge on any atom is 0.306 e. The second kappa shape index (κ2) is 10.1. The van der Waals surface area contributed by atoms with Crippen LogP contribution in [0.25, 0.3) is 10.9 Å². The third-order valence-corrected chi connectivity index (χ3v) is 4.52. The van der Waals surface area contributed by atoms with Crippen LogP contribution >= 0.6 is 0 Å². The van der Waals surface area contributed by atoms with E-state index in [1.165, 1.54) is 13.2 Å². The molecule has 0 fully saturated rings. The first-order chi connectivity index (χ1) is 12.6. The van der Waals surface area contributed by atoms with Crippen LogP contribution in [0, 0.1) is 5.82 Å². The summed E-state index contributed by atoms with van der Waals surface area (Å²) < 4.78 is 25.3. The SMILES string of the molecule is CCCCOC(=O)CC(CCCC)c1c(F)ccc2ccc(OC)nc12. The number of fused-ring (bicyclic) bond motifs is 1. The smallest absolute Gasteiger partial charge is 0.306 e. The second-order valence-corrected chi connectivity index (χ2v) is 6.50. The molecular formula is C21H28FNO3. The Morgan fingerprint density at radius 1 is 1.15 bits per heavy atom. The molecule has 4 nitrogen and oxygen atoms in total. The van der Waals surface area contributed by atoms with Gasteiger partial charge in [0, 0.05) is 17.0 Å². The predicted octanol–water partition coefficient (Wildman–Crippen LogP) is 5.39. The van der Waals surface area contributed by atoms with E-state index in [-0.39, 0.29) is 24.1 Å². The Balaban J connectivity index is 2.36. The highest BCUT2D eigenvalue weighted by atomic mass is 19.1. The summed E-state index contributed by atoms with van der Waals surface area (Å²) in [5, 5.41) is 0.836. The molecule has 1 aromatic heterocycles. The number of hydrogen-bond acceptors (Lipinski definition) is 4. The number of rotatable bonds is 10. The highest BCUT2D eigenvalue weighted by molar-refractivity contribution is 5.84. The number of nitrogens with zero attached hydrogens (tertiary/aromatic N) is 1. The van der Waals surface area contributed by atoms with Crippen molar-refractivity contribution in [3.63, 3.8) is 0 Å². The van der Waals surface area contributed by atoms with Crippen molar-refractivity contribution in [2.75, 3.05) is 13.7 Å². The lowest BCUT2D eigenvalue weighted by molar-refractivity contribution is -0.144. The molecule has 0 N–H and O–H groups in total. The number of unbranched alkanes of at least 4 members (excludes halogenated alkanes) is 2. The zero-order valence-electron chi connectivity index (χ0n) is 15.9. The third kappa shape index (κ3) is 5.16. The number of carbonyl (C=O) groups excluding carboxylic acids is 1. The maximum absolute atomic E-state index is 14.8. The van der Waals surface area contributed by atoms with Crippen LogP contribution in [0.4, 0.5) is 4.39 Å². The van der Waals surface area contributed by atoms with Crippen LogP contribution in [0.2, 0.25) is 0 Å². The number of halogens is 1. The van der Waals surface area contributed by atoms with Gasteiger partial charge in [-0.25, -0.2) is 9.37 Å². The molecular weight excluding hydrogens is 333 g/mol. The standard InChI is InChI=1S/C21H28FNO3/c1-4-6-8-16(14-19(24)26-13-7-5-2)20-17(22)11-9-15-10-12-18(25-3)23-21(15)20/h9-12,16H,4-8,13-14H2,1-3H3. The van der Waals surface area contributed by atoms with Gasteiger partial charge in [-0.2, -0.15) is 0 Å².